The fourth-order valence-corrected chi connectivity index (χ4v) is 8.01. The van der Waals surface area contributed by atoms with Gasteiger partial charge in [0.1, 0.15) is 0 Å². The topological polar surface area (TPSA) is 3.24 Å². The van der Waals surface area contributed by atoms with Crippen molar-refractivity contribution in [3.8, 4) is 33.4 Å². The Bertz CT molecular complexity index is 2570. The van der Waals surface area contributed by atoms with Gasteiger partial charge in [0.2, 0.25) is 0 Å². The molecule has 0 amide bonds. The number of benzene rings is 6. The molecule has 6 aromatic carbocycles. The van der Waals surface area contributed by atoms with Crippen LogP contribution in [-0.4, -0.2) is 6.54 Å². The highest BCUT2D eigenvalue weighted by Gasteiger charge is 2.35. The summed E-state index contributed by atoms with van der Waals surface area (Å²) in [4.78, 5) is 2.44. The number of halogens is 8. The number of aryl methyl sites for hydroxylation is 1. The number of rotatable bonds is 12. The van der Waals surface area contributed by atoms with Crippen LogP contribution in [0.2, 0.25) is 0 Å². The minimum atomic E-state index is -2.22. The Morgan fingerprint density at radius 1 is 0.533 bits per heavy atom. The Kier molecular flexibility index (Phi) is 12.5. The molecule has 0 saturated carbocycles. The summed E-state index contributed by atoms with van der Waals surface area (Å²) in [5, 5.41) is 0. The molecule has 1 atom stereocenters. The second-order valence-electron chi connectivity index (χ2n) is 15.3. The summed E-state index contributed by atoms with van der Waals surface area (Å²) in [7, 11) is 0. The summed E-state index contributed by atoms with van der Waals surface area (Å²) < 4.78 is 124. The predicted octanol–water partition coefficient (Wildman–Crippen LogP) is 15.6. The van der Waals surface area contributed by atoms with Crippen LogP contribution in [-0.2, 0) is 6.42 Å². The van der Waals surface area contributed by atoms with E-state index in [2.05, 4.69) is 55.2 Å². The van der Waals surface area contributed by atoms with Gasteiger partial charge in [-0.15, -0.1) is 0 Å². The van der Waals surface area contributed by atoms with Gasteiger partial charge in [-0.1, -0.05) is 124 Å². The smallest absolute Gasteiger partial charge is 0.170 e. The number of hydrogen-bond donors (Lipinski definition) is 0. The van der Waals surface area contributed by atoms with Crippen LogP contribution in [0.4, 0.5) is 46.5 Å². The van der Waals surface area contributed by atoms with Crippen LogP contribution in [0, 0.1) is 59.4 Å². The first-order valence-corrected chi connectivity index (χ1v) is 20.1. The maximum absolute atomic E-state index is 15.6. The Labute approximate surface area is 345 Å². The lowest BCUT2D eigenvalue weighted by molar-refractivity contribution is 0.446. The molecule has 6 aromatic rings. The molecule has 0 bridgehead atoms. The van der Waals surface area contributed by atoms with E-state index in [1.54, 1.807) is 13.0 Å². The third-order valence-corrected chi connectivity index (χ3v) is 11.3. The van der Waals surface area contributed by atoms with Gasteiger partial charge >= 0.3 is 0 Å². The van der Waals surface area contributed by atoms with Gasteiger partial charge in [-0.05, 0) is 89.4 Å². The zero-order valence-electron chi connectivity index (χ0n) is 33.7. The zero-order valence-corrected chi connectivity index (χ0v) is 33.7. The SMILES string of the molecule is CC=Cc1ccc2c(c1)Cc1cc(C=Cc3ccc(-c4c(F)c(F)c(-c5c(F)c(F)c(-c6ccc(C)cc6)c(F)c5F)c(F)c4F)cc3)ccc1N2CC(CC)CCCC. The van der Waals surface area contributed by atoms with Crippen molar-refractivity contribution in [3.05, 3.63) is 171 Å². The number of anilines is 2. The fraction of sp³-hybridized carbons (Fsp3) is 0.216. The molecule has 308 valence electrons. The summed E-state index contributed by atoms with van der Waals surface area (Å²) in [6.07, 6.45) is 13.1. The van der Waals surface area contributed by atoms with Gasteiger partial charge in [0.05, 0.1) is 22.3 Å². The first-order chi connectivity index (χ1) is 28.9. The average Bonchev–Trinajstić information content (AvgIpc) is 3.25. The molecular formula is C51H43F8N. The molecule has 1 aliphatic heterocycles. The van der Waals surface area contributed by atoms with Gasteiger partial charge in [0, 0.05) is 24.3 Å². The van der Waals surface area contributed by atoms with Crippen molar-refractivity contribution in [3.63, 3.8) is 0 Å². The highest BCUT2D eigenvalue weighted by molar-refractivity contribution is 5.80. The standard InChI is InChI=1S/C51H43F8N/c1-5-8-10-30(7-3)28-60-38-23-17-32(9-6-2)25-36(38)27-37-26-33(18-24-39(37)60)14-13-31-15-21-35(22-16-31)41-46(54)50(58)43(51(59)47(41)55)42-48(56)44(52)40(45(53)49(42)57)34-19-11-29(4)12-20-34/h6,9,11-26,30H,5,7-8,10,27-28H2,1-4H3. The number of allylic oxidation sites excluding steroid dienone is 1. The van der Waals surface area contributed by atoms with Gasteiger partial charge in [-0.3, -0.25) is 0 Å². The molecule has 0 aliphatic carbocycles. The van der Waals surface area contributed by atoms with E-state index >= 15 is 35.1 Å². The van der Waals surface area contributed by atoms with Crippen molar-refractivity contribution < 1.29 is 35.1 Å². The molecule has 1 nitrogen and oxygen atoms in total. The Hall–Kier alpha value is -5.96. The highest BCUT2D eigenvalue weighted by Crippen LogP contribution is 2.44. The van der Waals surface area contributed by atoms with E-state index < -0.39 is 68.8 Å². The Morgan fingerprint density at radius 3 is 1.40 bits per heavy atom. The Balaban J connectivity index is 1.17. The number of unbranched alkanes of at least 4 members (excludes halogenated alkanes) is 1. The monoisotopic (exact) mass is 821 g/mol. The van der Waals surface area contributed by atoms with Crippen LogP contribution in [0.1, 0.15) is 79.8 Å². The molecule has 0 saturated heterocycles. The first kappa shape index (κ1) is 42.2. The normalized spacial score (nSPS) is 13.0. The molecule has 9 heteroatoms. The molecule has 0 fully saturated rings. The lowest BCUT2D eigenvalue weighted by Gasteiger charge is -2.36. The van der Waals surface area contributed by atoms with Crippen LogP contribution in [0.25, 0.3) is 51.6 Å². The van der Waals surface area contributed by atoms with Crippen molar-refractivity contribution in [1.82, 2.24) is 0 Å². The van der Waals surface area contributed by atoms with Crippen molar-refractivity contribution >= 4 is 29.6 Å². The van der Waals surface area contributed by atoms with E-state index in [0.29, 0.717) is 17.0 Å². The van der Waals surface area contributed by atoms with E-state index in [0.717, 1.165) is 49.0 Å². The molecule has 0 spiro atoms. The highest BCUT2D eigenvalue weighted by atomic mass is 19.2. The molecule has 7 rings (SSSR count). The van der Waals surface area contributed by atoms with Gasteiger partial charge in [-0.2, -0.15) is 0 Å². The lowest BCUT2D eigenvalue weighted by Crippen LogP contribution is -2.29. The Morgan fingerprint density at radius 2 is 0.950 bits per heavy atom. The molecule has 0 N–H and O–H groups in total. The minimum Gasteiger partial charge on any atom is -0.341 e. The van der Waals surface area contributed by atoms with Crippen LogP contribution in [0.15, 0.2) is 91.0 Å². The van der Waals surface area contributed by atoms with E-state index in [1.807, 2.05) is 25.1 Å². The first-order valence-electron chi connectivity index (χ1n) is 20.1. The van der Waals surface area contributed by atoms with Gasteiger partial charge in [-0.25, -0.2) is 35.1 Å². The lowest BCUT2D eigenvalue weighted by atomic mass is 9.90. The molecule has 1 heterocycles. The summed E-state index contributed by atoms with van der Waals surface area (Å²) >= 11 is 0. The predicted molar refractivity (Wildman–Crippen MR) is 227 cm³/mol. The van der Waals surface area contributed by atoms with E-state index in [4.69, 9.17) is 0 Å². The van der Waals surface area contributed by atoms with E-state index in [9.17, 15) is 0 Å². The molecule has 0 radical (unpaired) electrons. The summed E-state index contributed by atoms with van der Waals surface area (Å²) in [6, 6.07) is 23.6. The van der Waals surface area contributed by atoms with Crippen molar-refractivity contribution in [2.75, 3.05) is 11.4 Å². The largest absolute Gasteiger partial charge is 0.341 e. The molecular weight excluding hydrogens is 779 g/mol. The molecule has 1 unspecified atom stereocenters. The van der Waals surface area contributed by atoms with Crippen LogP contribution in [0.5, 0.6) is 0 Å². The van der Waals surface area contributed by atoms with Gasteiger partial charge < -0.3 is 4.90 Å². The maximum Gasteiger partial charge on any atom is 0.170 e. The van der Waals surface area contributed by atoms with Crippen molar-refractivity contribution in [2.45, 2.75) is 59.8 Å². The number of fused-ring (bicyclic) bond motifs is 2. The second-order valence-corrected chi connectivity index (χ2v) is 15.3. The van der Waals surface area contributed by atoms with Gasteiger partial charge in [0.15, 0.2) is 46.5 Å². The zero-order chi connectivity index (χ0) is 42.8. The maximum atomic E-state index is 15.6. The summed E-state index contributed by atoms with van der Waals surface area (Å²) in [6.45, 7) is 9.03. The summed E-state index contributed by atoms with van der Waals surface area (Å²) in [5.74, 6) is -16.3. The van der Waals surface area contributed by atoms with Crippen LogP contribution >= 0.6 is 0 Å². The third kappa shape index (κ3) is 8.02. The second kappa shape index (κ2) is 17.7. The van der Waals surface area contributed by atoms with E-state index in [1.165, 1.54) is 71.8 Å². The van der Waals surface area contributed by atoms with Gasteiger partial charge in [0.25, 0.3) is 0 Å². The average molecular weight is 822 g/mol. The summed E-state index contributed by atoms with van der Waals surface area (Å²) in [5.41, 5.74) is 1.47. The van der Waals surface area contributed by atoms with Crippen molar-refractivity contribution in [2.24, 2.45) is 5.92 Å². The quantitative estimate of drug-likeness (QED) is 0.0675. The minimum absolute atomic E-state index is 0.260. The molecule has 1 aliphatic rings. The van der Waals surface area contributed by atoms with E-state index in [-0.39, 0.29) is 11.1 Å². The molecule has 60 heavy (non-hydrogen) atoms. The number of hydrogen-bond acceptors (Lipinski definition) is 1. The number of nitrogens with zero attached hydrogens (tertiary/aromatic N) is 1. The fourth-order valence-electron chi connectivity index (χ4n) is 8.01. The molecule has 0 aromatic heterocycles. The third-order valence-electron chi connectivity index (χ3n) is 11.3. The van der Waals surface area contributed by atoms with Crippen LogP contribution in [0.3, 0.4) is 0 Å². The van der Waals surface area contributed by atoms with Crippen LogP contribution < -0.4 is 4.90 Å². The van der Waals surface area contributed by atoms with Crippen molar-refractivity contribution in [1.29, 1.82) is 0 Å².